The summed E-state index contributed by atoms with van der Waals surface area (Å²) in [5.41, 5.74) is 1.23. The number of hydrogen-bond acceptors (Lipinski definition) is 3. The number of anilines is 1. The van der Waals surface area contributed by atoms with E-state index in [4.69, 9.17) is 0 Å². The van der Waals surface area contributed by atoms with Gasteiger partial charge in [0.05, 0.1) is 0 Å². The zero-order valence-electron chi connectivity index (χ0n) is 11.7. The van der Waals surface area contributed by atoms with Crippen LogP contribution in [-0.4, -0.2) is 31.2 Å². The summed E-state index contributed by atoms with van der Waals surface area (Å²) in [5.74, 6) is 1.99. The standard InChI is InChI=1S/C15H25N3/c1-3-8-16-12-14-6-9-18(10-7-14)15-5-4-13(2)11-17-15/h4-5,11,14,16H,3,6-10,12H2,1-2H3. The zero-order valence-corrected chi connectivity index (χ0v) is 11.7. The average molecular weight is 247 g/mol. The van der Waals surface area contributed by atoms with Gasteiger partial charge in [0.2, 0.25) is 0 Å². The molecule has 1 saturated heterocycles. The molecule has 0 aliphatic carbocycles. The van der Waals surface area contributed by atoms with E-state index in [9.17, 15) is 0 Å². The number of hydrogen-bond donors (Lipinski definition) is 1. The number of pyridine rings is 1. The zero-order chi connectivity index (χ0) is 12.8. The van der Waals surface area contributed by atoms with Crippen molar-refractivity contribution in [3.63, 3.8) is 0 Å². The summed E-state index contributed by atoms with van der Waals surface area (Å²) in [5, 5.41) is 3.53. The van der Waals surface area contributed by atoms with Gasteiger partial charge < -0.3 is 10.2 Å². The van der Waals surface area contributed by atoms with Gasteiger partial charge in [0.25, 0.3) is 0 Å². The highest BCUT2D eigenvalue weighted by atomic mass is 15.2. The minimum atomic E-state index is 0.846. The first kappa shape index (κ1) is 13.3. The number of aromatic nitrogens is 1. The van der Waals surface area contributed by atoms with Crippen LogP contribution in [0.15, 0.2) is 18.3 Å². The van der Waals surface area contributed by atoms with E-state index >= 15 is 0 Å². The molecule has 3 nitrogen and oxygen atoms in total. The summed E-state index contributed by atoms with van der Waals surface area (Å²) in [4.78, 5) is 6.93. The number of rotatable bonds is 5. The van der Waals surface area contributed by atoms with Gasteiger partial charge in [-0.25, -0.2) is 4.98 Å². The summed E-state index contributed by atoms with van der Waals surface area (Å²) >= 11 is 0. The molecule has 3 heteroatoms. The molecule has 0 unspecified atom stereocenters. The van der Waals surface area contributed by atoms with E-state index in [1.807, 2.05) is 6.20 Å². The van der Waals surface area contributed by atoms with Gasteiger partial charge >= 0.3 is 0 Å². The summed E-state index contributed by atoms with van der Waals surface area (Å²) in [6.07, 6.45) is 5.76. The van der Waals surface area contributed by atoms with Crippen LogP contribution >= 0.6 is 0 Å². The predicted molar refractivity (Wildman–Crippen MR) is 77.1 cm³/mol. The lowest BCUT2D eigenvalue weighted by Gasteiger charge is -2.33. The SMILES string of the molecule is CCCNCC1CCN(c2ccc(C)cn2)CC1. The van der Waals surface area contributed by atoms with Crippen molar-refractivity contribution in [1.29, 1.82) is 0 Å². The molecule has 1 N–H and O–H groups in total. The highest BCUT2D eigenvalue weighted by Gasteiger charge is 2.19. The van der Waals surface area contributed by atoms with Crippen LogP contribution in [0.3, 0.4) is 0 Å². The van der Waals surface area contributed by atoms with Crippen LogP contribution in [-0.2, 0) is 0 Å². The van der Waals surface area contributed by atoms with Crippen molar-refractivity contribution >= 4 is 5.82 Å². The quantitative estimate of drug-likeness (QED) is 0.811. The van der Waals surface area contributed by atoms with Crippen molar-refractivity contribution in [1.82, 2.24) is 10.3 Å². The number of nitrogens with zero attached hydrogens (tertiary/aromatic N) is 2. The van der Waals surface area contributed by atoms with E-state index in [1.54, 1.807) is 0 Å². The van der Waals surface area contributed by atoms with E-state index in [-0.39, 0.29) is 0 Å². The van der Waals surface area contributed by atoms with Crippen LogP contribution in [0.2, 0.25) is 0 Å². The van der Waals surface area contributed by atoms with Crippen molar-refractivity contribution in [2.75, 3.05) is 31.1 Å². The van der Waals surface area contributed by atoms with Gasteiger partial charge in [0.15, 0.2) is 0 Å². The first-order valence-electron chi connectivity index (χ1n) is 7.18. The highest BCUT2D eigenvalue weighted by Crippen LogP contribution is 2.21. The molecule has 100 valence electrons. The molecule has 1 aromatic heterocycles. The van der Waals surface area contributed by atoms with Crippen LogP contribution < -0.4 is 10.2 Å². The second-order valence-corrected chi connectivity index (χ2v) is 5.33. The molecule has 0 bridgehead atoms. The Kier molecular flexibility index (Phi) is 5.00. The van der Waals surface area contributed by atoms with Gasteiger partial charge in [-0.3, -0.25) is 0 Å². The van der Waals surface area contributed by atoms with Crippen molar-refractivity contribution in [3.05, 3.63) is 23.9 Å². The molecule has 1 aliphatic heterocycles. The molecule has 18 heavy (non-hydrogen) atoms. The number of piperidine rings is 1. The third-order valence-corrected chi connectivity index (χ3v) is 3.69. The molecule has 0 aromatic carbocycles. The van der Waals surface area contributed by atoms with Crippen LogP contribution in [0.5, 0.6) is 0 Å². The maximum Gasteiger partial charge on any atom is 0.128 e. The molecule has 0 saturated carbocycles. The van der Waals surface area contributed by atoms with Gasteiger partial charge in [0.1, 0.15) is 5.82 Å². The molecular formula is C15H25N3. The predicted octanol–water partition coefficient (Wildman–Crippen LogP) is 2.61. The molecule has 2 heterocycles. The second kappa shape index (κ2) is 6.74. The Morgan fingerprint density at radius 2 is 2.11 bits per heavy atom. The minimum Gasteiger partial charge on any atom is -0.357 e. The lowest BCUT2D eigenvalue weighted by Crippen LogP contribution is -2.37. The Morgan fingerprint density at radius 1 is 1.33 bits per heavy atom. The van der Waals surface area contributed by atoms with Crippen LogP contribution in [0.25, 0.3) is 0 Å². The molecule has 1 aliphatic rings. The van der Waals surface area contributed by atoms with Crippen LogP contribution in [0, 0.1) is 12.8 Å². The second-order valence-electron chi connectivity index (χ2n) is 5.33. The summed E-state index contributed by atoms with van der Waals surface area (Å²) < 4.78 is 0. The lowest BCUT2D eigenvalue weighted by atomic mass is 9.97. The summed E-state index contributed by atoms with van der Waals surface area (Å²) in [6.45, 7) is 8.94. The van der Waals surface area contributed by atoms with Gasteiger partial charge in [-0.2, -0.15) is 0 Å². The summed E-state index contributed by atoms with van der Waals surface area (Å²) in [6, 6.07) is 4.29. The van der Waals surface area contributed by atoms with E-state index < -0.39 is 0 Å². The minimum absolute atomic E-state index is 0.846. The monoisotopic (exact) mass is 247 g/mol. The fraction of sp³-hybridized carbons (Fsp3) is 0.667. The van der Waals surface area contributed by atoms with Gasteiger partial charge in [-0.1, -0.05) is 13.0 Å². The Hall–Kier alpha value is -1.09. The number of nitrogens with one attached hydrogen (secondary N) is 1. The van der Waals surface area contributed by atoms with E-state index in [0.29, 0.717) is 0 Å². The van der Waals surface area contributed by atoms with Crippen molar-refractivity contribution in [3.8, 4) is 0 Å². The maximum absolute atomic E-state index is 4.51. The lowest BCUT2D eigenvalue weighted by molar-refractivity contribution is 0.382. The van der Waals surface area contributed by atoms with Gasteiger partial charge in [-0.05, 0) is 56.8 Å². The van der Waals surface area contributed by atoms with E-state index in [2.05, 4.69) is 41.2 Å². The fourth-order valence-corrected chi connectivity index (χ4v) is 2.50. The smallest absolute Gasteiger partial charge is 0.128 e. The topological polar surface area (TPSA) is 28.2 Å². The average Bonchev–Trinajstić information content (AvgIpc) is 2.41. The molecule has 0 amide bonds. The molecule has 1 fully saturated rings. The molecule has 2 rings (SSSR count). The van der Waals surface area contributed by atoms with Gasteiger partial charge in [-0.15, -0.1) is 0 Å². The summed E-state index contributed by atoms with van der Waals surface area (Å²) in [7, 11) is 0. The molecule has 0 spiro atoms. The van der Waals surface area contributed by atoms with E-state index in [0.717, 1.165) is 31.4 Å². The van der Waals surface area contributed by atoms with Crippen molar-refractivity contribution in [2.24, 2.45) is 5.92 Å². The fourth-order valence-electron chi connectivity index (χ4n) is 2.50. The van der Waals surface area contributed by atoms with Crippen molar-refractivity contribution < 1.29 is 0 Å². The van der Waals surface area contributed by atoms with E-state index in [1.165, 1.54) is 31.4 Å². The Balaban J connectivity index is 1.77. The Morgan fingerprint density at radius 3 is 2.72 bits per heavy atom. The largest absolute Gasteiger partial charge is 0.357 e. The first-order valence-corrected chi connectivity index (χ1v) is 7.18. The molecule has 1 aromatic rings. The number of aryl methyl sites for hydroxylation is 1. The molecule has 0 atom stereocenters. The molecular weight excluding hydrogens is 222 g/mol. The van der Waals surface area contributed by atoms with Gasteiger partial charge in [0, 0.05) is 19.3 Å². The third-order valence-electron chi connectivity index (χ3n) is 3.69. The normalized spacial score (nSPS) is 17.1. The first-order chi connectivity index (χ1) is 8.79. The van der Waals surface area contributed by atoms with Crippen LogP contribution in [0.1, 0.15) is 31.7 Å². The van der Waals surface area contributed by atoms with Crippen LogP contribution in [0.4, 0.5) is 5.82 Å². The van der Waals surface area contributed by atoms with Crippen molar-refractivity contribution in [2.45, 2.75) is 33.1 Å². The third kappa shape index (κ3) is 3.70. The Bertz CT molecular complexity index is 339. The molecule has 0 radical (unpaired) electrons. The highest BCUT2D eigenvalue weighted by molar-refractivity contribution is 5.39. The Labute approximate surface area is 111 Å². The maximum atomic E-state index is 4.51.